The van der Waals surface area contributed by atoms with Gasteiger partial charge in [-0.15, -0.1) is 11.8 Å². The van der Waals surface area contributed by atoms with Crippen LogP contribution in [0.3, 0.4) is 0 Å². The number of benzene rings is 2. The number of carbonyl (C=O) groups is 2. The standard InChI is InChI=1S/C24H28N2O5S/c1-29-19-6-4-5-17(13-19)23(28)26-11-12-32-24(26)7-9-25(10-8-24)22(27)18-14-20(30-2)16-21(15-18)31-3/h4-6,13-16H,7-12H2,1-3H3. The van der Waals surface area contributed by atoms with Gasteiger partial charge in [-0.3, -0.25) is 9.59 Å². The molecule has 2 amide bonds. The third-order valence-electron chi connectivity index (χ3n) is 6.17. The molecule has 2 aromatic carbocycles. The van der Waals surface area contributed by atoms with Crippen LogP contribution >= 0.6 is 11.8 Å². The molecule has 0 atom stereocenters. The third-order valence-corrected chi connectivity index (χ3v) is 7.72. The molecule has 0 N–H and O–H groups in total. The molecule has 170 valence electrons. The summed E-state index contributed by atoms with van der Waals surface area (Å²) >= 11 is 1.82. The average molecular weight is 457 g/mol. The van der Waals surface area contributed by atoms with Crippen molar-refractivity contribution in [2.75, 3.05) is 46.7 Å². The zero-order valence-corrected chi connectivity index (χ0v) is 19.4. The Hall–Kier alpha value is -2.87. The van der Waals surface area contributed by atoms with Gasteiger partial charge in [-0.05, 0) is 43.2 Å². The number of likely N-dealkylation sites (tertiary alicyclic amines) is 1. The first-order valence-corrected chi connectivity index (χ1v) is 11.6. The van der Waals surface area contributed by atoms with Crippen molar-refractivity contribution in [1.82, 2.24) is 9.80 Å². The second kappa shape index (κ2) is 9.32. The lowest BCUT2D eigenvalue weighted by Crippen LogP contribution is -2.53. The molecule has 0 aromatic heterocycles. The lowest BCUT2D eigenvalue weighted by atomic mass is 10.00. The molecule has 0 bridgehead atoms. The highest BCUT2D eigenvalue weighted by Crippen LogP contribution is 2.45. The van der Waals surface area contributed by atoms with E-state index in [1.54, 1.807) is 45.6 Å². The maximum Gasteiger partial charge on any atom is 0.255 e. The normalized spacial score (nSPS) is 17.3. The van der Waals surface area contributed by atoms with Gasteiger partial charge in [0.2, 0.25) is 0 Å². The van der Waals surface area contributed by atoms with Gasteiger partial charge in [-0.25, -0.2) is 0 Å². The molecular formula is C24H28N2O5S. The number of thioether (sulfide) groups is 1. The Kier molecular flexibility index (Phi) is 6.50. The minimum Gasteiger partial charge on any atom is -0.497 e. The molecular weight excluding hydrogens is 428 g/mol. The molecule has 7 nitrogen and oxygen atoms in total. The van der Waals surface area contributed by atoms with Crippen LogP contribution in [-0.2, 0) is 0 Å². The molecule has 2 saturated heterocycles. The molecule has 2 aliphatic heterocycles. The van der Waals surface area contributed by atoms with E-state index < -0.39 is 0 Å². The van der Waals surface area contributed by atoms with Crippen LogP contribution in [0, 0.1) is 0 Å². The highest BCUT2D eigenvalue weighted by Gasteiger charge is 2.47. The predicted molar refractivity (Wildman–Crippen MR) is 124 cm³/mol. The molecule has 8 heteroatoms. The highest BCUT2D eigenvalue weighted by molar-refractivity contribution is 8.00. The number of nitrogens with zero attached hydrogens (tertiary/aromatic N) is 2. The Balaban J connectivity index is 1.48. The number of hydrogen-bond acceptors (Lipinski definition) is 6. The van der Waals surface area contributed by atoms with Crippen LogP contribution in [0.2, 0.25) is 0 Å². The first-order chi connectivity index (χ1) is 15.5. The zero-order valence-electron chi connectivity index (χ0n) is 18.6. The van der Waals surface area contributed by atoms with Crippen molar-refractivity contribution in [3.63, 3.8) is 0 Å². The molecule has 32 heavy (non-hydrogen) atoms. The van der Waals surface area contributed by atoms with Crippen LogP contribution in [-0.4, -0.2) is 73.2 Å². The number of rotatable bonds is 5. The maximum absolute atomic E-state index is 13.3. The fourth-order valence-corrected chi connectivity index (χ4v) is 5.85. The van der Waals surface area contributed by atoms with Gasteiger partial charge in [0.1, 0.15) is 17.2 Å². The second-order valence-corrected chi connectivity index (χ2v) is 9.33. The first-order valence-electron chi connectivity index (χ1n) is 10.6. The summed E-state index contributed by atoms with van der Waals surface area (Å²) in [5, 5.41) is 0. The van der Waals surface area contributed by atoms with E-state index in [9.17, 15) is 9.59 Å². The number of hydrogen-bond donors (Lipinski definition) is 0. The van der Waals surface area contributed by atoms with Crippen LogP contribution < -0.4 is 14.2 Å². The lowest BCUT2D eigenvalue weighted by molar-refractivity contribution is 0.0497. The van der Waals surface area contributed by atoms with E-state index in [-0.39, 0.29) is 16.7 Å². The largest absolute Gasteiger partial charge is 0.497 e. The molecule has 2 heterocycles. The number of carbonyl (C=O) groups excluding carboxylic acids is 2. The first kappa shape index (κ1) is 22.3. The van der Waals surface area contributed by atoms with Gasteiger partial charge in [0.15, 0.2) is 0 Å². The molecule has 0 aliphatic carbocycles. The van der Waals surface area contributed by atoms with E-state index >= 15 is 0 Å². The monoisotopic (exact) mass is 456 g/mol. The van der Waals surface area contributed by atoms with Gasteiger partial charge >= 0.3 is 0 Å². The minimum absolute atomic E-state index is 0.0196. The van der Waals surface area contributed by atoms with Crippen molar-refractivity contribution in [2.45, 2.75) is 17.7 Å². The lowest BCUT2D eigenvalue weighted by Gasteiger charge is -2.44. The SMILES string of the molecule is COc1cc(OC)cc(C(=O)N2CCC3(CC2)SCCN3C(=O)c2cccc(OC)c2)c1. The molecule has 2 aromatic rings. The van der Waals surface area contributed by atoms with Crippen LogP contribution in [0.5, 0.6) is 17.2 Å². The fraction of sp³-hybridized carbons (Fsp3) is 0.417. The van der Waals surface area contributed by atoms with E-state index in [4.69, 9.17) is 14.2 Å². The Morgan fingerprint density at radius 1 is 0.812 bits per heavy atom. The summed E-state index contributed by atoms with van der Waals surface area (Å²) in [6, 6.07) is 12.5. The summed E-state index contributed by atoms with van der Waals surface area (Å²) in [4.78, 5) is 30.0. The third kappa shape index (κ3) is 4.24. The summed E-state index contributed by atoms with van der Waals surface area (Å²) in [5.41, 5.74) is 1.17. The molecule has 0 saturated carbocycles. The van der Waals surface area contributed by atoms with Crippen LogP contribution in [0.4, 0.5) is 0 Å². The molecule has 4 rings (SSSR count). The van der Waals surface area contributed by atoms with Gasteiger partial charge in [-0.1, -0.05) is 6.07 Å². The molecule has 0 radical (unpaired) electrons. The smallest absolute Gasteiger partial charge is 0.255 e. The quantitative estimate of drug-likeness (QED) is 0.686. The average Bonchev–Trinajstić information content (AvgIpc) is 3.25. The molecule has 2 aliphatic rings. The van der Waals surface area contributed by atoms with Crippen molar-refractivity contribution >= 4 is 23.6 Å². The summed E-state index contributed by atoms with van der Waals surface area (Å²) in [7, 11) is 4.74. The van der Waals surface area contributed by atoms with E-state index in [1.807, 2.05) is 39.8 Å². The van der Waals surface area contributed by atoms with E-state index in [2.05, 4.69) is 0 Å². The maximum atomic E-state index is 13.3. The van der Waals surface area contributed by atoms with E-state index in [1.165, 1.54) is 0 Å². The Bertz CT molecular complexity index is 981. The number of piperidine rings is 1. The van der Waals surface area contributed by atoms with Crippen LogP contribution in [0.25, 0.3) is 0 Å². The van der Waals surface area contributed by atoms with Crippen molar-refractivity contribution < 1.29 is 23.8 Å². The number of amides is 2. The van der Waals surface area contributed by atoms with Gasteiger partial charge in [0, 0.05) is 42.6 Å². The van der Waals surface area contributed by atoms with Crippen molar-refractivity contribution in [3.8, 4) is 17.2 Å². The molecule has 1 spiro atoms. The van der Waals surface area contributed by atoms with E-state index in [0.29, 0.717) is 48.0 Å². The summed E-state index contributed by atoms with van der Waals surface area (Å²) in [6.45, 7) is 1.89. The van der Waals surface area contributed by atoms with Crippen LogP contribution in [0.15, 0.2) is 42.5 Å². The van der Waals surface area contributed by atoms with Crippen molar-refractivity contribution in [1.29, 1.82) is 0 Å². The van der Waals surface area contributed by atoms with Crippen molar-refractivity contribution in [2.24, 2.45) is 0 Å². The fourth-order valence-electron chi connectivity index (χ4n) is 4.39. The van der Waals surface area contributed by atoms with Gasteiger partial charge in [-0.2, -0.15) is 0 Å². The Labute approximate surface area is 192 Å². The molecule has 0 unspecified atom stereocenters. The van der Waals surface area contributed by atoms with E-state index in [0.717, 1.165) is 18.6 Å². The van der Waals surface area contributed by atoms with Crippen LogP contribution in [0.1, 0.15) is 33.6 Å². The van der Waals surface area contributed by atoms with Gasteiger partial charge in [0.05, 0.1) is 26.2 Å². The summed E-state index contributed by atoms with van der Waals surface area (Å²) in [6.07, 6.45) is 1.47. The zero-order chi connectivity index (χ0) is 22.7. The van der Waals surface area contributed by atoms with Gasteiger partial charge in [0.25, 0.3) is 11.8 Å². The predicted octanol–water partition coefficient (Wildman–Crippen LogP) is 3.53. The second-order valence-electron chi connectivity index (χ2n) is 7.88. The number of ether oxygens (including phenoxy) is 3. The summed E-state index contributed by atoms with van der Waals surface area (Å²) in [5.74, 6) is 2.71. The molecule has 2 fully saturated rings. The number of methoxy groups -OCH3 is 3. The summed E-state index contributed by atoms with van der Waals surface area (Å²) < 4.78 is 15.9. The Morgan fingerprint density at radius 2 is 1.44 bits per heavy atom. The highest BCUT2D eigenvalue weighted by atomic mass is 32.2. The Morgan fingerprint density at radius 3 is 2.06 bits per heavy atom. The van der Waals surface area contributed by atoms with Crippen molar-refractivity contribution in [3.05, 3.63) is 53.6 Å². The van der Waals surface area contributed by atoms with Gasteiger partial charge < -0.3 is 24.0 Å². The minimum atomic E-state index is -0.275. The topological polar surface area (TPSA) is 68.3 Å².